The third-order valence-electron chi connectivity index (χ3n) is 4.26. The van der Waals surface area contributed by atoms with Gasteiger partial charge in [0.1, 0.15) is 11.9 Å². The lowest BCUT2D eigenvalue weighted by Gasteiger charge is -2.33. The van der Waals surface area contributed by atoms with Gasteiger partial charge in [0.15, 0.2) is 0 Å². The van der Waals surface area contributed by atoms with Crippen LogP contribution in [0.3, 0.4) is 0 Å². The minimum atomic E-state index is -4.03. The normalized spacial score (nSPS) is 16.0. The number of fused-ring (bicyclic) bond motifs is 1. The van der Waals surface area contributed by atoms with E-state index in [-0.39, 0.29) is 28.2 Å². The number of anilines is 2. The number of ether oxygens (including phenoxy) is 2. The van der Waals surface area contributed by atoms with Crippen molar-refractivity contribution in [2.24, 2.45) is 0 Å². The molecule has 0 saturated carbocycles. The van der Waals surface area contributed by atoms with Crippen LogP contribution in [0.4, 0.5) is 11.4 Å². The predicted octanol–water partition coefficient (Wildman–Crippen LogP) is 2.41. The Balaban J connectivity index is 1.99. The summed E-state index contributed by atoms with van der Waals surface area (Å²) in [4.78, 5) is 25.3. The van der Waals surface area contributed by atoms with Crippen molar-refractivity contribution in [2.75, 3.05) is 23.3 Å². The highest BCUT2D eigenvalue weighted by molar-refractivity contribution is 7.92. The molecule has 1 N–H and O–H groups in total. The molecule has 2 aromatic carbocycles. The van der Waals surface area contributed by atoms with Gasteiger partial charge in [-0.25, -0.2) is 13.2 Å². The average molecular weight is 404 g/mol. The van der Waals surface area contributed by atoms with Crippen molar-refractivity contribution in [3.63, 3.8) is 0 Å². The summed E-state index contributed by atoms with van der Waals surface area (Å²) in [5.74, 6) is -0.438. The number of methoxy groups -OCH3 is 1. The van der Waals surface area contributed by atoms with E-state index < -0.39 is 16.0 Å². The van der Waals surface area contributed by atoms with Crippen LogP contribution in [-0.4, -0.2) is 40.1 Å². The summed E-state index contributed by atoms with van der Waals surface area (Å²) in [7, 11) is -2.81. The first-order chi connectivity index (χ1) is 13.2. The van der Waals surface area contributed by atoms with E-state index in [1.165, 1.54) is 49.3 Å². The van der Waals surface area contributed by atoms with Crippen molar-refractivity contribution in [3.8, 4) is 5.75 Å². The number of carbonyl (C=O) groups excluding carboxylic acids is 2. The summed E-state index contributed by atoms with van der Waals surface area (Å²) >= 11 is 0. The number of hydrogen-bond donors (Lipinski definition) is 1. The van der Waals surface area contributed by atoms with Crippen LogP contribution in [-0.2, 0) is 19.6 Å². The zero-order valence-corrected chi connectivity index (χ0v) is 16.4. The Kier molecular flexibility index (Phi) is 5.28. The molecule has 1 unspecified atom stereocenters. The van der Waals surface area contributed by atoms with Gasteiger partial charge in [-0.3, -0.25) is 9.52 Å². The molecule has 1 heterocycles. The lowest BCUT2D eigenvalue weighted by molar-refractivity contribution is -0.117. The number of benzene rings is 2. The molecule has 3 rings (SSSR count). The molecule has 9 heteroatoms. The van der Waals surface area contributed by atoms with Crippen molar-refractivity contribution >= 4 is 33.3 Å². The van der Waals surface area contributed by atoms with Gasteiger partial charge in [-0.1, -0.05) is 12.1 Å². The second-order valence-corrected chi connectivity index (χ2v) is 8.01. The zero-order valence-electron chi connectivity index (χ0n) is 15.6. The van der Waals surface area contributed by atoms with Gasteiger partial charge in [0, 0.05) is 6.92 Å². The molecule has 1 amide bonds. The minimum absolute atomic E-state index is 0.0599. The lowest BCUT2D eigenvalue weighted by atomic mass is 10.2. The van der Waals surface area contributed by atoms with Crippen molar-refractivity contribution in [1.82, 2.24) is 0 Å². The van der Waals surface area contributed by atoms with E-state index in [0.717, 1.165) is 0 Å². The van der Waals surface area contributed by atoms with Crippen LogP contribution in [0, 0.1) is 0 Å². The van der Waals surface area contributed by atoms with E-state index in [9.17, 15) is 18.0 Å². The molecule has 1 atom stereocenters. The number of para-hydroxylation sites is 1. The molecule has 28 heavy (non-hydrogen) atoms. The van der Waals surface area contributed by atoms with Crippen LogP contribution < -0.4 is 14.4 Å². The van der Waals surface area contributed by atoms with Gasteiger partial charge in [0.2, 0.25) is 5.91 Å². The smallest absolute Gasteiger partial charge is 0.339 e. The molecule has 0 saturated heterocycles. The summed E-state index contributed by atoms with van der Waals surface area (Å²) in [5, 5.41) is 0. The van der Waals surface area contributed by atoms with Crippen LogP contribution in [0.1, 0.15) is 24.2 Å². The summed E-state index contributed by atoms with van der Waals surface area (Å²) in [6.45, 7) is 3.56. The second-order valence-electron chi connectivity index (χ2n) is 6.33. The van der Waals surface area contributed by atoms with Gasteiger partial charge in [-0.2, -0.15) is 0 Å². The number of sulfonamides is 1. The molecule has 0 spiro atoms. The number of nitrogens with one attached hydrogen (secondary N) is 1. The minimum Gasteiger partial charge on any atom is -0.487 e. The van der Waals surface area contributed by atoms with E-state index in [2.05, 4.69) is 9.46 Å². The van der Waals surface area contributed by atoms with Crippen molar-refractivity contribution in [1.29, 1.82) is 0 Å². The summed E-state index contributed by atoms with van der Waals surface area (Å²) < 4.78 is 38.6. The van der Waals surface area contributed by atoms with Gasteiger partial charge >= 0.3 is 5.97 Å². The third kappa shape index (κ3) is 3.79. The Hall–Kier alpha value is -3.07. The number of carbonyl (C=O) groups is 2. The Morgan fingerprint density at radius 3 is 2.61 bits per heavy atom. The van der Waals surface area contributed by atoms with E-state index >= 15 is 0 Å². The fourth-order valence-corrected chi connectivity index (χ4v) is 4.05. The van der Waals surface area contributed by atoms with Gasteiger partial charge < -0.3 is 14.4 Å². The van der Waals surface area contributed by atoms with Crippen LogP contribution >= 0.6 is 0 Å². The third-order valence-corrected chi connectivity index (χ3v) is 5.62. The highest BCUT2D eigenvalue weighted by atomic mass is 32.2. The fraction of sp³-hybridized carbons (Fsp3) is 0.263. The SMILES string of the molecule is COC(=O)c1ccccc1NS(=O)(=O)c1ccc2c(c1)N(C(C)=O)CC(C)O2. The fourth-order valence-electron chi connectivity index (χ4n) is 2.95. The molecular weight excluding hydrogens is 384 g/mol. The van der Waals surface area contributed by atoms with Crippen LogP contribution in [0.5, 0.6) is 5.75 Å². The van der Waals surface area contributed by atoms with Crippen molar-refractivity contribution < 1.29 is 27.5 Å². The maximum absolute atomic E-state index is 12.9. The zero-order chi connectivity index (χ0) is 20.5. The highest BCUT2D eigenvalue weighted by Crippen LogP contribution is 2.36. The largest absolute Gasteiger partial charge is 0.487 e. The second kappa shape index (κ2) is 7.51. The van der Waals surface area contributed by atoms with Crippen LogP contribution in [0.15, 0.2) is 47.4 Å². The van der Waals surface area contributed by atoms with E-state index in [1.807, 2.05) is 6.92 Å². The quantitative estimate of drug-likeness (QED) is 0.785. The lowest BCUT2D eigenvalue weighted by Crippen LogP contribution is -2.41. The van der Waals surface area contributed by atoms with Gasteiger partial charge in [0.25, 0.3) is 10.0 Å². The van der Waals surface area contributed by atoms with Gasteiger partial charge in [0.05, 0.1) is 35.5 Å². The first-order valence-corrected chi connectivity index (χ1v) is 10.00. The molecule has 0 bridgehead atoms. The predicted molar refractivity (Wildman–Crippen MR) is 103 cm³/mol. The first kappa shape index (κ1) is 19.7. The molecule has 0 aromatic heterocycles. The maximum Gasteiger partial charge on any atom is 0.339 e. The van der Waals surface area contributed by atoms with E-state index in [1.54, 1.807) is 12.1 Å². The molecule has 148 valence electrons. The van der Waals surface area contributed by atoms with Crippen molar-refractivity contribution in [2.45, 2.75) is 24.8 Å². The topological polar surface area (TPSA) is 102 Å². The molecule has 2 aromatic rings. The number of rotatable bonds is 4. The van der Waals surface area contributed by atoms with Crippen LogP contribution in [0.25, 0.3) is 0 Å². The first-order valence-electron chi connectivity index (χ1n) is 8.52. The summed E-state index contributed by atoms with van der Waals surface area (Å²) in [6, 6.07) is 10.4. The summed E-state index contributed by atoms with van der Waals surface area (Å²) in [5.41, 5.74) is 0.573. The highest BCUT2D eigenvalue weighted by Gasteiger charge is 2.28. The van der Waals surface area contributed by atoms with Gasteiger partial charge in [-0.15, -0.1) is 0 Å². The van der Waals surface area contributed by atoms with E-state index in [4.69, 9.17) is 4.74 Å². The summed E-state index contributed by atoms with van der Waals surface area (Å²) in [6.07, 6.45) is -0.205. The van der Waals surface area contributed by atoms with Crippen molar-refractivity contribution in [3.05, 3.63) is 48.0 Å². The molecule has 0 radical (unpaired) electrons. The molecule has 8 nitrogen and oxygen atoms in total. The number of esters is 1. The molecule has 0 aliphatic carbocycles. The Morgan fingerprint density at radius 2 is 1.93 bits per heavy atom. The average Bonchev–Trinajstić information content (AvgIpc) is 2.66. The van der Waals surface area contributed by atoms with Crippen LogP contribution in [0.2, 0.25) is 0 Å². The molecule has 0 fully saturated rings. The molecular formula is C19H20N2O6S. The Labute approximate surface area is 163 Å². The van der Waals surface area contributed by atoms with E-state index in [0.29, 0.717) is 18.0 Å². The number of hydrogen-bond acceptors (Lipinski definition) is 6. The number of amides is 1. The maximum atomic E-state index is 12.9. The standard InChI is InChI=1S/C19H20N2O6S/c1-12-11-21(13(2)22)17-10-14(8-9-18(17)27-12)28(24,25)20-16-7-5-4-6-15(16)19(23)26-3/h4-10,12,20H,11H2,1-3H3. The monoisotopic (exact) mass is 404 g/mol. The Morgan fingerprint density at radius 1 is 1.21 bits per heavy atom. The number of nitrogens with zero attached hydrogens (tertiary/aromatic N) is 1. The van der Waals surface area contributed by atoms with Gasteiger partial charge in [-0.05, 0) is 37.3 Å². The molecule has 1 aliphatic heterocycles. The molecule has 1 aliphatic rings. The Bertz CT molecular complexity index is 1030.